The second-order valence-electron chi connectivity index (χ2n) is 7.96. The minimum Gasteiger partial charge on any atom is -0.340 e. The molecule has 0 radical (unpaired) electrons. The van der Waals surface area contributed by atoms with E-state index < -0.39 is 0 Å². The van der Waals surface area contributed by atoms with Crippen molar-refractivity contribution in [3.63, 3.8) is 0 Å². The lowest BCUT2D eigenvalue weighted by molar-refractivity contribution is 0.286. The number of hydrogen-bond donors (Lipinski definition) is 1. The molecule has 1 aliphatic rings. The summed E-state index contributed by atoms with van der Waals surface area (Å²) < 4.78 is 13.8. The fourth-order valence-corrected chi connectivity index (χ4v) is 4.73. The summed E-state index contributed by atoms with van der Waals surface area (Å²) in [5.74, 6) is 2.28. The molecule has 0 aliphatic heterocycles. The molecule has 1 aromatic carbocycles. The number of nitrogens with zero attached hydrogens (tertiary/aromatic N) is 3. The summed E-state index contributed by atoms with van der Waals surface area (Å²) in [4.78, 5) is 16.9. The molecule has 0 amide bonds. The van der Waals surface area contributed by atoms with Gasteiger partial charge in [0.25, 0.3) is 0 Å². The van der Waals surface area contributed by atoms with Crippen LogP contribution in [-0.4, -0.2) is 19.9 Å². The van der Waals surface area contributed by atoms with E-state index in [1.54, 1.807) is 18.3 Å². The number of H-pyrrole nitrogens is 1. The van der Waals surface area contributed by atoms with Gasteiger partial charge in [-0.3, -0.25) is 4.98 Å². The lowest BCUT2D eigenvalue weighted by Gasteiger charge is -2.32. The predicted molar refractivity (Wildman–Crippen MR) is 109 cm³/mol. The zero-order valence-electron chi connectivity index (χ0n) is 15.9. The number of aromatic nitrogens is 4. The van der Waals surface area contributed by atoms with Crippen molar-refractivity contribution in [2.45, 2.75) is 44.4 Å². The van der Waals surface area contributed by atoms with Crippen molar-refractivity contribution >= 4 is 22.1 Å². The molecule has 5 rings (SSSR count). The third kappa shape index (κ3) is 3.05. The lowest BCUT2D eigenvalue weighted by atomic mass is 9.73. The number of rotatable bonds is 3. The molecule has 4 nitrogen and oxygen atoms in total. The quantitative estimate of drug-likeness (QED) is 0.499. The molecule has 142 valence electrons. The normalized spacial score (nSPS) is 21.2. The average molecular weight is 374 g/mol. The molecule has 0 spiro atoms. The average Bonchev–Trinajstić information content (AvgIpc) is 3.17. The van der Waals surface area contributed by atoms with Gasteiger partial charge in [0.05, 0.1) is 11.0 Å². The number of halogens is 1. The third-order valence-corrected chi connectivity index (χ3v) is 6.36. The Morgan fingerprint density at radius 3 is 2.71 bits per heavy atom. The molecular formula is C23H23FN4. The molecule has 1 unspecified atom stereocenters. The van der Waals surface area contributed by atoms with Gasteiger partial charge in [0.1, 0.15) is 11.6 Å². The van der Waals surface area contributed by atoms with Crippen molar-refractivity contribution in [3.8, 4) is 0 Å². The molecule has 1 fully saturated rings. The van der Waals surface area contributed by atoms with E-state index in [0.29, 0.717) is 17.8 Å². The summed E-state index contributed by atoms with van der Waals surface area (Å²) in [7, 11) is 0. The highest BCUT2D eigenvalue weighted by Crippen LogP contribution is 2.42. The smallest absolute Gasteiger partial charge is 0.177 e. The van der Waals surface area contributed by atoms with Gasteiger partial charge < -0.3 is 4.98 Å². The maximum absolute atomic E-state index is 13.8. The predicted octanol–water partition coefficient (Wildman–Crippen LogP) is 5.72. The Hall–Kier alpha value is -2.82. The van der Waals surface area contributed by atoms with Gasteiger partial charge in [-0.05, 0) is 79.5 Å². The highest BCUT2D eigenvalue weighted by molar-refractivity contribution is 5.82. The van der Waals surface area contributed by atoms with E-state index >= 15 is 0 Å². The highest BCUT2D eigenvalue weighted by Gasteiger charge is 2.29. The van der Waals surface area contributed by atoms with Crippen LogP contribution in [0.3, 0.4) is 0 Å². The molecule has 1 saturated carbocycles. The molecule has 0 saturated heterocycles. The molecule has 3 aromatic heterocycles. The van der Waals surface area contributed by atoms with E-state index in [-0.39, 0.29) is 5.82 Å². The number of pyridine rings is 2. The lowest BCUT2D eigenvalue weighted by Crippen LogP contribution is -2.19. The number of nitrogens with one attached hydrogen (secondary N) is 1. The first-order valence-electron chi connectivity index (χ1n) is 10.0. The molecule has 1 atom stereocenters. The third-order valence-electron chi connectivity index (χ3n) is 6.36. The number of benzene rings is 1. The van der Waals surface area contributed by atoms with Gasteiger partial charge in [-0.2, -0.15) is 0 Å². The van der Waals surface area contributed by atoms with Gasteiger partial charge in [0, 0.05) is 23.7 Å². The van der Waals surface area contributed by atoms with Gasteiger partial charge in [-0.1, -0.05) is 6.92 Å². The first-order valence-corrected chi connectivity index (χ1v) is 10.0. The number of hydrogen-bond acceptors (Lipinski definition) is 3. The second-order valence-corrected chi connectivity index (χ2v) is 7.96. The van der Waals surface area contributed by atoms with Crippen molar-refractivity contribution in [2.75, 3.05) is 0 Å². The van der Waals surface area contributed by atoms with E-state index in [0.717, 1.165) is 53.6 Å². The second kappa shape index (κ2) is 6.97. The Labute approximate surface area is 163 Å². The van der Waals surface area contributed by atoms with E-state index in [4.69, 9.17) is 4.98 Å². The van der Waals surface area contributed by atoms with Gasteiger partial charge in [0.15, 0.2) is 5.65 Å². The topological polar surface area (TPSA) is 54.5 Å². The van der Waals surface area contributed by atoms with Gasteiger partial charge in [-0.25, -0.2) is 14.4 Å². The van der Waals surface area contributed by atoms with Crippen LogP contribution in [-0.2, 0) is 0 Å². The van der Waals surface area contributed by atoms with Crippen molar-refractivity contribution in [1.82, 2.24) is 19.9 Å². The van der Waals surface area contributed by atoms with Crippen LogP contribution in [0, 0.1) is 11.7 Å². The molecule has 3 heterocycles. The number of aromatic amines is 1. The molecule has 28 heavy (non-hydrogen) atoms. The summed E-state index contributed by atoms with van der Waals surface area (Å²) in [5.41, 5.74) is 3.92. The Bertz CT molecular complexity index is 1090. The highest BCUT2D eigenvalue weighted by atomic mass is 19.1. The van der Waals surface area contributed by atoms with Crippen LogP contribution >= 0.6 is 0 Å². The van der Waals surface area contributed by atoms with Crippen molar-refractivity contribution in [2.24, 2.45) is 5.92 Å². The first kappa shape index (κ1) is 17.3. The Morgan fingerprint density at radius 2 is 1.89 bits per heavy atom. The molecule has 0 bridgehead atoms. The Balaban J connectivity index is 1.34. The first-order chi connectivity index (χ1) is 13.7. The summed E-state index contributed by atoms with van der Waals surface area (Å²) in [6, 6.07) is 10.9. The van der Waals surface area contributed by atoms with Crippen LogP contribution in [0.15, 0.2) is 48.8 Å². The fraction of sp³-hybridized carbons (Fsp3) is 0.348. The standard InChI is InChI=1S/C23H23FN4/c1-14(22-27-21-3-2-11-26-23(21)28-22)15-4-6-16(7-5-15)18-10-12-25-20-9-8-17(24)13-19(18)20/h2-3,8-16H,4-7H2,1H3,(H,26,27,28)/t14?,15-,16+. The van der Waals surface area contributed by atoms with Crippen LogP contribution < -0.4 is 0 Å². The van der Waals surface area contributed by atoms with Crippen LogP contribution in [0.1, 0.15) is 55.8 Å². The minimum atomic E-state index is -0.192. The molecule has 1 N–H and O–H groups in total. The van der Waals surface area contributed by atoms with Crippen molar-refractivity contribution in [3.05, 3.63) is 66.0 Å². The Morgan fingerprint density at radius 1 is 1.04 bits per heavy atom. The van der Waals surface area contributed by atoms with E-state index in [9.17, 15) is 4.39 Å². The van der Waals surface area contributed by atoms with Crippen molar-refractivity contribution < 1.29 is 4.39 Å². The Kier molecular flexibility index (Phi) is 4.30. The van der Waals surface area contributed by atoms with Crippen LogP contribution in [0.5, 0.6) is 0 Å². The molecule has 1 aliphatic carbocycles. The van der Waals surface area contributed by atoms with Crippen LogP contribution in [0.2, 0.25) is 0 Å². The summed E-state index contributed by atoms with van der Waals surface area (Å²) in [6.07, 6.45) is 8.16. The van der Waals surface area contributed by atoms with Gasteiger partial charge in [-0.15, -0.1) is 0 Å². The largest absolute Gasteiger partial charge is 0.340 e. The SMILES string of the molecule is CC(c1nc2ncccc2[nH]1)[C@H]1CC[C@@H](c2ccnc3ccc(F)cc32)CC1. The van der Waals surface area contributed by atoms with Crippen molar-refractivity contribution in [1.29, 1.82) is 0 Å². The summed E-state index contributed by atoms with van der Waals surface area (Å²) in [5, 5.41) is 0.961. The van der Waals surface area contributed by atoms with E-state index in [1.165, 1.54) is 11.6 Å². The maximum atomic E-state index is 13.8. The molecular weight excluding hydrogens is 351 g/mol. The van der Waals surface area contributed by atoms with Gasteiger partial charge >= 0.3 is 0 Å². The molecule has 4 aromatic rings. The van der Waals surface area contributed by atoms with Gasteiger partial charge in [0.2, 0.25) is 0 Å². The van der Waals surface area contributed by atoms with Crippen LogP contribution in [0.4, 0.5) is 4.39 Å². The molecule has 5 heteroatoms. The summed E-state index contributed by atoms with van der Waals surface area (Å²) in [6.45, 7) is 2.26. The summed E-state index contributed by atoms with van der Waals surface area (Å²) >= 11 is 0. The maximum Gasteiger partial charge on any atom is 0.177 e. The zero-order valence-corrected chi connectivity index (χ0v) is 15.9. The monoisotopic (exact) mass is 374 g/mol. The fourth-order valence-electron chi connectivity index (χ4n) is 4.73. The van der Waals surface area contributed by atoms with E-state index in [1.807, 2.05) is 18.3 Å². The zero-order chi connectivity index (χ0) is 19.1. The number of imidazole rings is 1. The number of fused-ring (bicyclic) bond motifs is 2. The van der Waals surface area contributed by atoms with E-state index in [2.05, 4.69) is 27.9 Å². The van der Waals surface area contributed by atoms with Crippen LogP contribution in [0.25, 0.3) is 22.1 Å². The minimum absolute atomic E-state index is 0.192.